The minimum absolute atomic E-state index is 0.0568. The van der Waals surface area contributed by atoms with Crippen molar-refractivity contribution in [3.8, 4) is 0 Å². The van der Waals surface area contributed by atoms with Gasteiger partial charge in [0.2, 0.25) is 10.0 Å². The van der Waals surface area contributed by atoms with Crippen LogP contribution in [0.1, 0.15) is 38.3 Å². The standard InChI is InChI=1S/C19H20N2O5S/c1-13-8-15(11-16(9-13)19(23)24)18(22)20-12-14-4-2-5-17(10-14)21-6-3-7-27(21,25)26/h2,4-5,8-11H,3,6-7,12H2,1H3,(H,20,22)(H,23,24). The second-order valence-corrected chi connectivity index (χ2v) is 8.50. The van der Waals surface area contributed by atoms with E-state index in [0.717, 1.165) is 5.56 Å². The maximum absolute atomic E-state index is 12.4. The number of carbonyl (C=O) groups excluding carboxylic acids is 1. The van der Waals surface area contributed by atoms with Crippen molar-refractivity contribution in [3.63, 3.8) is 0 Å². The van der Waals surface area contributed by atoms with Gasteiger partial charge in [-0.1, -0.05) is 12.1 Å². The fourth-order valence-corrected chi connectivity index (χ4v) is 4.63. The van der Waals surface area contributed by atoms with Gasteiger partial charge in [-0.15, -0.1) is 0 Å². The van der Waals surface area contributed by atoms with Crippen LogP contribution in [0.5, 0.6) is 0 Å². The fraction of sp³-hybridized carbons (Fsp3) is 0.263. The number of nitrogens with zero attached hydrogens (tertiary/aromatic N) is 1. The van der Waals surface area contributed by atoms with Crippen molar-refractivity contribution >= 4 is 27.6 Å². The van der Waals surface area contributed by atoms with Gasteiger partial charge in [0.1, 0.15) is 0 Å². The van der Waals surface area contributed by atoms with Crippen molar-refractivity contribution in [2.24, 2.45) is 0 Å². The molecule has 1 aliphatic rings. The normalized spacial score (nSPS) is 15.5. The number of aryl methyl sites for hydroxylation is 1. The van der Waals surface area contributed by atoms with Crippen molar-refractivity contribution in [3.05, 3.63) is 64.7 Å². The minimum atomic E-state index is -3.26. The van der Waals surface area contributed by atoms with Crippen molar-refractivity contribution in [1.82, 2.24) is 5.32 Å². The lowest BCUT2D eigenvalue weighted by Crippen LogP contribution is -2.26. The molecule has 0 saturated carbocycles. The van der Waals surface area contributed by atoms with E-state index in [4.69, 9.17) is 5.11 Å². The van der Waals surface area contributed by atoms with E-state index < -0.39 is 16.0 Å². The third-order valence-corrected chi connectivity index (χ3v) is 6.21. The lowest BCUT2D eigenvalue weighted by molar-refractivity contribution is 0.0696. The molecule has 1 heterocycles. The molecule has 1 saturated heterocycles. The van der Waals surface area contributed by atoms with Gasteiger partial charge in [0.15, 0.2) is 0 Å². The van der Waals surface area contributed by atoms with E-state index >= 15 is 0 Å². The Kier molecular flexibility index (Phi) is 5.18. The van der Waals surface area contributed by atoms with Crippen LogP contribution in [0.25, 0.3) is 0 Å². The number of anilines is 1. The van der Waals surface area contributed by atoms with Gasteiger partial charge < -0.3 is 10.4 Å². The van der Waals surface area contributed by atoms with E-state index in [-0.39, 0.29) is 29.3 Å². The summed E-state index contributed by atoms with van der Waals surface area (Å²) in [5, 5.41) is 11.9. The molecule has 27 heavy (non-hydrogen) atoms. The van der Waals surface area contributed by atoms with Crippen LogP contribution in [0.3, 0.4) is 0 Å². The highest BCUT2D eigenvalue weighted by molar-refractivity contribution is 7.93. The molecule has 0 atom stereocenters. The molecule has 1 aliphatic heterocycles. The monoisotopic (exact) mass is 388 g/mol. The number of benzene rings is 2. The summed E-state index contributed by atoms with van der Waals surface area (Å²) < 4.78 is 25.5. The van der Waals surface area contributed by atoms with Crippen molar-refractivity contribution in [1.29, 1.82) is 0 Å². The zero-order valence-corrected chi connectivity index (χ0v) is 15.6. The second-order valence-electron chi connectivity index (χ2n) is 6.49. The number of hydrogen-bond acceptors (Lipinski definition) is 4. The lowest BCUT2D eigenvalue weighted by atomic mass is 10.1. The molecular weight excluding hydrogens is 368 g/mol. The first-order valence-corrected chi connectivity index (χ1v) is 10.1. The predicted octanol–water partition coefficient (Wildman–Crippen LogP) is 2.16. The van der Waals surface area contributed by atoms with Crippen molar-refractivity contribution in [2.45, 2.75) is 19.9 Å². The summed E-state index contributed by atoms with van der Waals surface area (Å²) in [6, 6.07) is 11.5. The SMILES string of the molecule is Cc1cc(C(=O)O)cc(C(=O)NCc2cccc(N3CCCS3(=O)=O)c2)c1. The third kappa shape index (κ3) is 4.28. The molecule has 3 rings (SSSR count). The Morgan fingerprint density at radius 1 is 1.15 bits per heavy atom. The summed E-state index contributed by atoms with van der Waals surface area (Å²) in [6.45, 7) is 2.39. The Morgan fingerprint density at radius 2 is 1.89 bits per heavy atom. The van der Waals surface area contributed by atoms with Crippen LogP contribution >= 0.6 is 0 Å². The first-order valence-electron chi connectivity index (χ1n) is 8.49. The Hall–Kier alpha value is -2.87. The number of carboxylic acids is 1. The molecule has 1 amide bonds. The first-order chi connectivity index (χ1) is 12.8. The summed E-state index contributed by atoms with van der Waals surface area (Å²) in [5.41, 5.74) is 2.35. The van der Waals surface area contributed by atoms with E-state index in [1.807, 2.05) is 0 Å². The second kappa shape index (κ2) is 7.40. The molecule has 0 bridgehead atoms. The summed E-state index contributed by atoms with van der Waals surface area (Å²) in [7, 11) is -3.26. The van der Waals surface area contributed by atoms with Crippen LogP contribution in [-0.2, 0) is 16.6 Å². The van der Waals surface area contributed by atoms with Crippen LogP contribution in [-0.4, -0.2) is 37.7 Å². The van der Waals surface area contributed by atoms with Gasteiger partial charge in [-0.25, -0.2) is 13.2 Å². The molecule has 2 aromatic rings. The molecule has 1 fully saturated rings. The number of hydrogen-bond donors (Lipinski definition) is 2. The van der Waals surface area contributed by atoms with E-state index in [2.05, 4.69) is 5.32 Å². The number of carboxylic acid groups (broad SMARTS) is 1. The van der Waals surface area contributed by atoms with Gasteiger partial charge in [0.25, 0.3) is 5.91 Å². The lowest BCUT2D eigenvalue weighted by Gasteiger charge is -2.17. The number of carbonyl (C=O) groups is 2. The molecule has 0 unspecified atom stereocenters. The smallest absolute Gasteiger partial charge is 0.335 e. The average Bonchev–Trinajstić information content (AvgIpc) is 2.98. The molecule has 0 aromatic heterocycles. The molecule has 2 N–H and O–H groups in total. The first kappa shape index (κ1) is 18.9. The predicted molar refractivity (Wildman–Crippen MR) is 102 cm³/mol. The van der Waals surface area contributed by atoms with Gasteiger partial charge in [0.05, 0.1) is 17.0 Å². The van der Waals surface area contributed by atoms with E-state index in [1.54, 1.807) is 37.3 Å². The number of nitrogens with one attached hydrogen (secondary N) is 1. The molecule has 0 spiro atoms. The van der Waals surface area contributed by atoms with Crippen LogP contribution in [0, 0.1) is 6.92 Å². The molecule has 8 heteroatoms. The third-order valence-electron chi connectivity index (χ3n) is 4.34. The number of aromatic carboxylic acids is 1. The summed E-state index contributed by atoms with van der Waals surface area (Å²) >= 11 is 0. The Labute approximate surface area is 157 Å². The highest BCUT2D eigenvalue weighted by Gasteiger charge is 2.28. The van der Waals surface area contributed by atoms with Crippen LogP contribution in [0.15, 0.2) is 42.5 Å². The molecule has 142 valence electrons. The largest absolute Gasteiger partial charge is 0.478 e. The molecule has 0 radical (unpaired) electrons. The Balaban J connectivity index is 1.73. The number of amides is 1. The van der Waals surface area contributed by atoms with Gasteiger partial charge >= 0.3 is 5.97 Å². The molecule has 2 aromatic carbocycles. The number of sulfonamides is 1. The van der Waals surface area contributed by atoms with Crippen LogP contribution in [0.4, 0.5) is 5.69 Å². The van der Waals surface area contributed by atoms with E-state index in [9.17, 15) is 18.0 Å². The summed E-state index contributed by atoms with van der Waals surface area (Å²) in [6.07, 6.45) is 0.600. The molecule has 7 nitrogen and oxygen atoms in total. The van der Waals surface area contributed by atoms with Gasteiger partial charge in [-0.3, -0.25) is 9.10 Å². The minimum Gasteiger partial charge on any atom is -0.478 e. The average molecular weight is 388 g/mol. The quantitative estimate of drug-likeness (QED) is 0.817. The van der Waals surface area contributed by atoms with Gasteiger partial charge in [-0.05, 0) is 54.8 Å². The maximum atomic E-state index is 12.4. The van der Waals surface area contributed by atoms with Crippen molar-refractivity contribution < 1.29 is 23.1 Å². The Morgan fingerprint density at radius 3 is 2.56 bits per heavy atom. The summed E-state index contributed by atoms with van der Waals surface area (Å²) in [5.74, 6) is -1.33. The fourth-order valence-electron chi connectivity index (χ4n) is 3.07. The topological polar surface area (TPSA) is 104 Å². The van der Waals surface area contributed by atoms with E-state index in [1.165, 1.54) is 16.4 Å². The zero-order chi connectivity index (χ0) is 19.6. The molecule has 0 aliphatic carbocycles. The zero-order valence-electron chi connectivity index (χ0n) is 14.8. The Bertz CT molecular complexity index is 1000. The van der Waals surface area contributed by atoms with Crippen LogP contribution < -0.4 is 9.62 Å². The van der Waals surface area contributed by atoms with Gasteiger partial charge in [0, 0.05) is 18.7 Å². The highest BCUT2D eigenvalue weighted by Crippen LogP contribution is 2.24. The van der Waals surface area contributed by atoms with Crippen molar-refractivity contribution in [2.75, 3.05) is 16.6 Å². The van der Waals surface area contributed by atoms with Gasteiger partial charge in [-0.2, -0.15) is 0 Å². The molecular formula is C19H20N2O5S. The number of rotatable bonds is 5. The van der Waals surface area contributed by atoms with Crippen LogP contribution in [0.2, 0.25) is 0 Å². The van der Waals surface area contributed by atoms with E-state index in [0.29, 0.717) is 24.2 Å². The maximum Gasteiger partial charge on any atom is 0.335 e. The summed E-state index contributed by atoms with van der Waals surface area (Å²) in [4.78, 5) is 23.5. The highest BCUT2D eigenvalue weighted by atomic mass is 32.2.